The van der Waals surface area contributed by atoms with E-state index >= 15 is 0 Å². The van der Waals surface area contributed by atoms with Crippen molar-refractivity contribution in [2.45, 2.75) is 39.7 Å². The van der Waals surface area contributed by atoms with Crippen molar-refractivity contribution in [3.63, 3.8) is 0 Å². The highest BCUT2D eigenvalue weighted by molar-refractivity contribution is 9.10. The SMILES string of the molecule is CCc1nn(Cc2ccc(C(=O)Nc3ccc(F)c(Br)c3)cc2)c(CC)c1CCO. The maximum absolute atomic E-state index is 13.3. The molecule has 0 spiro atoms. The van der Waals surface area contributed by atoms with Crippen LogP contribution in [0.1, 0.15) is 46.7 Å². The number of aryl methyl sites for hydroxylation is 1. The molecule has 0 radical (unpaired) electrons. The van der Waals surface area contributed by atoms with Gasteiger partial charge in [0.1, 0.15) is 5.82 Å². The minimum atomic E-state index is -0.379. The van der Waals surface area contributed by atoms with Crippen molar-refractivity contribution in [1.29, 1.82) is 0 Å². The Labute approximate surface area is 184 Å². The van der Waals surface area contributed by atoms with E-state index in [1.807, 2.05) is 16.8 Å². The van der Waals surface area contributed by atoms with Gasteiger partial charge in [0.25, 0.3) is 5.91 Å². The minimum absolute atomic E-state index is 0.111. The van der Waals surface area contributed by atoms with Crippen molar-refractivity contribution in [2.75, 3.05) is 11.9 Å². The Morgan fingerprint density at radius 1 is 1.17 bits per heavy atom. The number of aliphatic hydroxyl groups is 1. The van der Waals surface area contributed by atoms with Crippen LogP contribution in [-0.4, -0.2) is 27.4 Å². The molecule has 2 N–H and O–H groups in total. The molecule has 0 bridgehead atoms. The van der Waals surface area contributed by atoms with Gasteiger partial charge in [0.2, 0.25) is 0 Å². The number of halogens is 2. The largest absolute Gasteiger partial charge is 0.396 e. The van der Waals surface area contributed by atoms with E-state index in [-0.39, 0.29) is 18.3 Å². The Hall–Kier alpha value is -2.51. The summed E-state index contributed by atoms with van der Waals surface area (Å²) in [5.41, 5.74) is 5.39. The quantitative estimate of drug-likeness (QED) is 0.496. The lowest BCUT2D eigenvalue weighted by Crippen LogP contribution is -2.12. The molecule has 0 aliphatic carbocycles. The molecule has 0 saturated carbocycles. The van der Waals surface area contributed by atoms with Crippen molar-refractivity contribution in [2.24, 2.45) is 0 Å². The van der Waals surface area contributed by atoms with Gasteiger partial charge in [-0.3, -0.25) is 9.48 Å². The zero-order valence-corrected chi connectivity index (χ0v) is 18.7. The summed E-state index contributed by atoms with van der Waals surface area (Å²) in [6.45, 7) is 4.88. The minimum Gasteiger partial charge on any atom is -0.396 e. The number of amides is 1. The maximum atomic E-state index is 13.3. The molecular weight excluding hydrogens is 449 g/mol. The summed E-state index contributed by atoms with van der Waals surface area (Å²) in [4.78, 5) is 12.5. The third kappa shape index (κ3) is 4.96. The van der Waals surface area contributed by atoms with Gasteiger partial charge in [-0.15, -0.1) is 0 Å². The van der Waals surface area contributed by atoms with Gasteiger partial charge >= 0.3 is 0 Å². The lowest BCUT2D eigenvalue weighted by atomic mass is 10.1. The Balaban J connectivity index is 1.74. The number of nitrogens with one attached hydrogen (secondary N) is 1. The smallest absolute Gasteiger partial charge is 0.255 e. The van der Waals surface area contributed by atoms with E-state index in [9.17, 15) is 14.3 Å². The predicted molar refractivity (Wildman–Crippen MR) is 119 cm³/mol. The molecule has 0 unspecified atom stereocenters. The monoisotopic (exact) mass is 473 g/mol. The van der Waals surface area contributed by atoms with Gasteiger partial charge in [-0.2, -0.15) is 5.10 Å². The van der Waals surface area contributed by atoms with Crippen LogP contribution in [0.25, 0.3) is 0 Å². The first-order valence-electron chi connectivity index (χ1n) is 10.00. The fourth-order valence-corrected chi connectivity index (χ4v) is 3.89. The van der Waals surface area contributed by atoms with E-state index < -0.39 is 0 Å². The van der Waals surface area contributed by atoms with E-state index in [0.717, 1.165) is 35.4 Å². The first-order valence-corrected chi connectivity index (χ1v) is 10.8. The Kier molecular flexibility index (Phi) is 7.39. The second kappa shape index (κ2) is 10.00. The highest BCUT2D eigenvalue weighted by Gasteiger charge is 2.15. The second-order valence-corrected chi connectivity index (χ2v) is 7.84. The molecular formula is C23H25BrFN3O2. The first kappa shape index (κ1) is 22.2. The van der Waals surface area contributed by atoms with E-state index in [1.54, 1.807) is 12.1 Å². The molecule has 3 aromatic rings. The number of carbonyl (C=O) groups is 1. The van der Waals surface area contributed by atoms with Gasteiger partial charge < -0.3 is 10.4 Å². The number of anilines is 1. The van der Waals surface area contributed by atoms with Crippen molar-refractivity contribution < 1.29 is 14.3 Å². The molecule has 5 nitrogen and oxygen atoms in total. The first-order chi connectivity index (χ1) is 14.5. The summed E-state index contributed by atoms with van der Waals surface area (Å²) >= 11 is 3.12. The molecule has 1 aromatic heterocycles. The van der Waals surface area contributed by atoms with Crippen LogP contribution >= 0.6 is 15.9 Å². The van der Waals surface area contributed by atoms with Gasteiger partial charge in [-0.05, 0) is 76.7 Å². The molecule has 2 aromatic carbocycles. The molecule has 158 valence electrons. The summed E-state index contributed by atoms with van der Waals surface area (Å²) in [6.07, 6.45) is 2.29. The van der Waals surface area contributed by atoms with E-state index in [4.69, 9.17) is 5.10 Å². The van der Waals surface area contributed by atoms with E-state index in [1.165, 1.54) is 18.2 Å². The average Bonchev–Trinajstić information content (AvgIpc) is 3.07. The number of benzene rings is 2. The standard InChI is InChI=1S/C23H25BrFN3O2/c1-3-21-18(11-12-29)22(4-2)28(27-21)14-15-5-7-16(8-6-15)23(30)26-17-9-10-20(25)19(24)13-17/h5-10,13,29H,3-4,11-12,14H2,1-2H3,(H,26,30). The number of hydrogen-bond acceptors (Lipinski definition) is 3. The van der Waals surface area contributed by atoms with Crippen LogP contribution in [0.5, 0.6) is 0 Å². The highest BCUT2D eigenvalue weighted by atomic mass is 79.9. The topological polar surface area (TPSA) is 67.2 Å². The number of nitrogens with zero attached hydrogens (tertiary/aromatic N) is 2. The fraction of sp³-hybridized carbons (Fsp3) is 0.304. The molecule has 0 aliphatic rings. The Morgan fingerprint density at radius 2 is 1.90 bits per heavy atom. The van der Waals surface area contributed by atoms with Crippen molar-refractivity contribution in [3.05, 3.63) is 80.8 Å². The van der Waals surface area contributed by atoms with Crippen LogP contribution in [-0.2, 0) is 25.8 Å². The zero-order valence-electron chi connectivity index (χ0n) is 17.1. The molecule has 1 amide bonds. The van der Waals surface area contributed by atoms with Crippen molar-refractivity contribution in [3.8, 4) is 0 Å². The molecule has 30 heavy (non-hydrogen) atoms. The second-order valence-electron chi connectivity index (χ2n) is 6.99. The van der Waals surface area contributed by atoms with Gasteiger partial charge in [0, 0.05) is 23.6 Å². The summed E-state index contributed by atoms with van der Waals surface area (Å²) in [6, 6.07) is 11.7. The molecule has 3 rings (SSSR count). The highest BCUT2D eigenvalue weighted by Crippen LogP contribution is 2.21. The van der Waals surface area contributed by atoms with Crippen molar-refractivity contribution >= 4 is 27.5 Å². The number of aliphatic hydroxyl groups excluding tert-OH is 1. The Morgan fingerprint density at radius 3 is 2.50 bits per heavy atom. The number of rotatable bonds is 8. The predicted octanol–water partition coefficient (Wildman–Crippen LogP) is 4.74. The molecule has 0 saturated heterocycles. The van der Waals surface area contributed by atoms with Crippen LogP contribution in [0.15, 0.2) is 46.9 Å². The fourth-order valence-electron chi connectivity index (χ4n) is 3.51. The lowest BCUT2D eigenvalue weighted by Gasteiger charge is -2.09. The van der Waals surface area contributed by atoms with Crippen LogP contribution in [0.4, 0.5) is 10.1 Å². The molecule has 0 fully saturated rings. The maximum Gasteiger partial charge on any atom is 0.255 e. The van der Waals surface area contributed by atoms with Crippen molar-refractivity contribution in [1.82, 2.24) is 9.78 Å². The van der Waals surface area contributed by atoms with E-state index in [2.05, 4.69) is 35.1 Å². The van der Waals surface area contributed by atoms with Crippen LogP contribution < -0.4 is 5.32 Å². The van der Waals surface area contributed by atoms with Gasteiger partial charge in [-0.1, -0.05) is 26.0 Å². The zero-order chi connectivity index (χ0) is 21.7. The van der Waals surface area contributed by atoms with Gasteiger partial charge in [-0.25, -0.2) is 4.39 Å². The van der Waals surface area contributed by atoms with Crippen LogP contribution in [0.2, 0.25) is 0 Å². The number of carbonyl (C=O) groups excluding carboxylic acids is 1. The molecule has 0 aliphatic heterocycles. The van der Waals surface area contributed by atoms with Gasteiger partial charge in [0.15, 0.2) is 0 Å². The Bertz CT molecular complexity index is 1030. The number of aromatic nitrogens is 2. The number of hydrogen-bond donors (Lipinski definition) is 2. The van der Waals surface area contributed by atoms with E-state index in [0.29, 0.717) is 28.7 Å². The summed E-state index contributed by atoms with van der Waals surface area (Å²) in [5, 5.41) is 16.9. The van der Waals surface area contributed by atoms with Gasteiger partial charge in [0.05, 0.1) is 16.7 Å². The summed E-state index contributed by atoms with van der Waals surface area (Å²) in [7, 11) is 0. The molecule has 0 atom stereocenters. The third-order valence-corrected chi connectivity index (χ3v) is 5.61. The van der Waals surface area contributed by atoms with Crippen LogP contribution in [0.3, 0.4) is 0 Å². The third-order valence-electron chi connectivity index (χ3n) is 5.01. The normalized spacial score (nSPS) is 11.0. The summed E-state index contributed by atoms with van der Waals surface area (Å²) < 4.78 is 15.6. The molecule has 1 heterocycles. The molecule has 7 heteroatoms. The summed E-state index contributed by atoms with van der Waals surface area (Å²) in [5.74, 6) is -0.636. The van der Waals surface area contributed by atoms with Crippen LogP contribution in [0, 0.1) is 5.82 Å². The average molecular weight is 474 g/mol. The lowest BCUT2D eigenvalue weighted by molar-refractivity contribution is 0.102.